The van der Waals surface area contributed by atoms with E-state index in [0.717, 1.165) is 32.1 Å². The maximum atomic E-state index is 11.3. The molecule has 0 unspecified atom stereocenters. The SMILES string of the molecule is NCC(=O)N1CCN(CC2CC2)CC1. The quantitative estimate of drug-likeness (QED) is 0.663. The van der Waals surface area contributed by atoms with Gasteiger partial charge >= 0.3 is 0 Å². The Morgan fingerprint density at radius 2 is 1.86 bits per heavy atom. The Bertz CT molecular complexity index is 207. The molecule has 4 heteroatoms. The van der Waals surface area contributed by atoms with Crippen LogP contribution in [-0.4, -0.2) is 55.0 Å². The number of hydrogen-bond acceptors (Lipinski definition) is 3. The molecule has 0 spiro atoms. The minimum atomic E-state index is 0.0936. The van der Waals surface area contributed by atoms with E-state index in [1.807, 2.05) is 4.90 Å². The largest absolute Gasteiger partial charge is 0.339 e. The molecule has 2 N–H and O–H groups in total. The fraction of sp³-hybridized carbons (Fsp3) is 0.900. The average molecular weight is 197 g/mol. The van der Waals surface area contributed by atoms with Crippen molar-refractivity contribution in [1.82, 2.24) is 9.80 Å². The maximum Gasteiger partial charge on any atom is 0.236 e. The summed E-state index contributed by atoms with van der Waals surface area (Å²) in [5.41, 5.74) is 5.32. The molecular weight excluding hydrogens is 178 g/mol. The first-order valence-electron chi connectivity index (χ1n) is 5.50. The summed E-state index contributed by atoms with van der Waals surface area (Å²) in [5.74, 6) is 1.04. The van der Waals surface area contributed by atoms with Crippen molar-refractivity contribution in [3.8, 4) is 0 Å². The third-order valence-electron chi connectivity index (χ3n) is 3.11. The second-order valence-electron chi connectivity index (χ2n) is 4.33. The van der Waals surface area contributed by atoms with Crippen molar-refractivity contribution in [2.45, 2.75) is 12.8 Å². The maximum absolute atomic E-state index is 11.3. The van der Waals surface area contributed by atoms with Crippen LogP contribution < -0.4 is 5.73 Å². The highest BCUT2D eigenvalue weighted by Crippen LogP contribution is 2.29. The van der Waals surface area contributed by atoms with E-state index < -0.39 is 0 Å². The molecule has 1 amide bonds. The lowest BCUT2D eigenvalue weighted by atomic mass is 10.3. The van der Waals surface area contributed by atoms with E-state index in [9.17, 15) is 4.79 Å². The van der Waals surface area contributed by atoms with Crippen molar-refractivity contribution in [3.63, 3.8) is 0 Å². The van der Waals surface area contributed by atoms with E-state index in [1.165, 1.54) is 19.4 Å². The molecule has 0 bridgehead atoms. The highest BCUT2D eigenvalue weighted by atomic mass is 16.2. The summed E-state index contributed by atoms with van der Waals surface area (Å²) in [6, 6.07) is 0. The van der Waals surface area contributed by atoms with E-state index in [4.69, 9.17) is 5.73 Å². The van der Waals surface area contributed by atoms with Gasteiger partial charge in [-0.2, -0.15) is 0 Å². The third-order valence-corrected chi connectivity index (χ3v) is 3.11. The summed E-state index contributed by atoms with van der Waals surface area (Å²) in [6.07, 6.45) is 2.81. The van der Waals surface area contributed by atoms with Gasteiger partial charge in [0.05, 0.1) is 6.54 Å². The van der Waals surface area contributed by atoms with E-state index in [2.05, 4.69) is 4.90 Å². The Morgan fingerprint density at radius 1 is 1.21 bits per heavy atom. The third kappa shape index (κ3) is 2.45. The number of rotatable bonds is 3. The molecule has 1 aliphatic heterocycles. The number of piperazine rings is 1. The number of hydrogen-bond donors (Lipinski definition) is 1. The van der Waals surface area contributed by atoms with Crippen LogP contribution in [-0.2, 0) is 4.79 Å². The molecule has 0 atom stereocenters. The van der Waals surface area contributed by atoms with Crippen LogP contribution in [0.3, 0.4) is 0 Å². The van der Waals surface area contributed by atoms with E-state index in [-0.39, 0.29) is 12.5 Å². The Kier molecular flexibility index (Phi) is 3.03. The van der Waals surface area contributed by atoms with E-state index in [1.54, 1.807) is 0 Å². The topological polar surface area (TPSA) is 49.6 Å². The zero-order chi connectivity index (χ0) is 9.97. The molecule has 0 aromatic carbocycles. The zero-order valence-electron chi connectivity index (χ0n) is 8.61. The summed E-state index contributed by atoms with van der Waals surface area (Å²) < 4.78 is 0. The number of carbonyl (C=O) groups is 1. The van der Waals surface area contributed by atoms with Gasteiger partial charge in [-0.15, -0.1) is 0 Å². The Labute approximate surface area is 85.0 Å². The first-order valence-corrected chi connectivity index (χ1v) is 5.50. The monoisotopic (exact) mass is 197 g/mol. The molecule has 14 heavy (non-hydrogen) atoms. The van der Waals surface area contributed by atoms with Gasteiger partial charge in [0.2, 0.25) is 5.91 Å². The zero-order valence-corrected chi connectivity index (χ0v) is 8.61. The number of nitrogens with two attached hydrogens (primary N) is 1. The Hall–Kier alpha value is -0.610. The van der Waals surface area contributed by atoms with Crippen molar-refractivity contribution < 1.29 is 4.79 Å². The molecule has 0 aromatic heterocycles. The summed E-state index contributed by atoms with van der Waals surface area (Å²) in [5, 5.41) is 0. The molecule has 2 aliphatic rings. The molecule has 2 rings (SSSR count). The molecule has 0 radical (unpaired) electrons. The molecule has 1 heterocycles. The molecule has 1 aliphatic carbocycles. The Morgan fingerprint density at radius 3 is 2.36 bits per heavy atom. The Balaban J connectivity index is 1.71. The highest BCUT2D eigenvalue weighted by molar-refractivity contribution is 5.78. The van der Waals surface area contributed by atoms with Gasteiger partial charge in [-0.1, -0.05) is 0 Å². The van der Waals surface area contributed by atoms with Crippen molar-refractivity contribution >= 4 is 5.91 Å². The van der Waals surface area contributed by atoms with Gasteiger partial charge in [0.1, 0.15) is 0 Å². The van der Waals surface area contributed by atoms with Crippen molar-refractivity contribution in [2.24, 2.45) is 11.7 Å². The lowest BCUT2D eigenvalue weighted by Gasteiger charge is -2.34. The molecule has 80 valence electrons. The van der Waals surface area contributed by atoms with Gasteiger partial charge in [0.15, 0.2) is 0 Å². The summed E-state index contributed by atoms with van der Waals surface area (Å²) in [6.45, 7) is 5.18. The smallest absolute Gasteiger partial charge is 0.236 e. The van der Waals surface area contributed by atoms with Gasteiger partial charge < -0.3 is 10.6 Å². The first-order chi connectivity index (χ1) is 6.79. The minimum absolute atomic E-state index is 0.0936. The minimum Gasteiger partial charge on any atom is -0.339 e. The second-order valence-corrected chi connectivity index (χ2v) is 4.33. The predicted molar refractivity (Wildman–Crippen MR) is 54.8 cm³/mol. The average Bonchev–Trinajstić information content (AvgIpc) is 3.02. The van der Waals surface area contributed by atoms with Gasteiger partial charge in [0, 0.05) is 32.7 Å². The highest BCUT2D eigenvalue weighted by Gasteiger charge is 2.27. The molecule has 1 saturated carbocycles. The second kappa shape index (κ2) is 4.28. The number of amides is 1. The lowest BCUT2D eigenvalue weighted by molar-refractivity contribution is -0.131. The van der Waals surface area contributed by atoms with Crippen LogP contribution in [0.15, 0.2) is 0 Å². The fourth-order valence-electron chi connectivity index (χ4n) is 1.97. The summed E-state index contributed by atoms with van der Waals surface area (Å²) in [7, 11) is 0. The van der Waals surface area contributed by atoms with Crippen LogP contribution in [0.4, 0.5) is 0 Å². The fourth-order valence-corrected chi connectivity index (χ4v) is 1.97. The van der Waals surface area contributed by atoms with Crippen molar-refractivity contribution in [2.75, 3.05) is 39.3 Å². The molecule has 4 nitrogen and oxygen atoms in total. The van der Waals surface area contributed by atoms with Crippen molar-refractivity contribution in [1.29, 1.82) is 0 Å². The normalized spacial score (nSPS) is 23.9. The van der Waals surface area contributed by atoms with Crippen LogP contribution in [0, 0.1) is 5.92 Å². The summed E-state index contributed by atoms with van der Waals surface area (Å²) in [4.78, 5) is 15.6. The van der Waals surface area contributed by atoms with Gasteiger partial charge in [-0.05, 0) is 18.8 Å². The summed E-state index contributed by atoms with van der Waals surface area (Å²) >= 11 is 0. The molecule has 0 aromatic rings. The molecule has 2 fully saturated rings. The van der Waals surface area contributed by atoms with Crippen LogP contribution in [0.25, 0.3) is 0 Å². The number of carbonyl (C=O) groups excluding carboxylic acids is 1. The van der Waals surface area contributed by atoms with Crippen LogP contribution in [0.2, 0.25) is 0 Å². The van der Waals surface area contributed by atoms with Crippen molar-refractivity contribution in [3.05, 3.63) is 0 Å². The predicted octanol–water partition coefficient (Wildman–Crippen LogP) is -0.501. The van der Waals surface area contributed by atoms with E-state index in [0.29, 0.717) is 0 Å². The first kappa shape index (κ1) is 9.93. The molecular formula is C10H19N3O. The van der Waals surface area contributed by atoms with Crippen LogP contribution in [0.1, 0.15) is 12.8 Å². The van der Waals surface area contributed by atoms with E-state index >= 15 is 0 Å². The number of nitrogens with zero attached hydrogens (tertiary/aromatic N) is 2. The van der Waals surface area contributed by atoms with Crippen LogP contribution in [0.5, 0.6) is 0 Å². The van der Waals surface area contributed by atoms with Gasteiger partial charge in [0.25, 0.3) is 0 Å². The van der Waals surface area contributed by atoms with Crippen LogP contribution >= 0.6 is 0 Å². The van der Waals surface area contributed by atoms with Gasteiger partial charge in [-0.25, -0.2) is 0 Å². The lowest BCUT2D eigenvalue weighted by Crippen LogP contribution is -2.50. The standard InChI is InChI=1S/C10H19N3O/c11-7-10(14)13-5-3-12(4-6-13)8-9-1-2-9/h9H,1-8,11H2. The van der Waals surface area contributed by atoms with Gasteiger partial charge in [-0.3, -0.25) is 9.69 Å². The molecule has 1 saturated heterocycles.